The highest BCUT2D eigenvalue weighted by Gasteiger charge is 2.18. The van der Waals surface area contributed by atoms with E-state index in [1.165, 1.54) is 12.1 Å². The Balaban J connectivity index is 2.35. The maximum absolute atomic E-state index is 12.8. The fraction of sp³-hybridized carbons (Fsp3) is 0.208. The lowest BCUT2D eigenvalue weighted by Crippen LogP contribution is -2.04. The molecule has 152 valence electrons. The third-order valence-corrected chi connectivity index (χ3v) is 4.01. The van der Waals surface area contributed by atoms with Gasteiger partial charge in [-0.15, -0.1) is 0 Å². The van der Waals surface area contributed by atoms with Crippen LogP contribution in [0.5, 0.6) is 17.2 Å². The fourth-order valence-corrected chi connectivity index (χ4v) is 2.44. The van der Waals surface area contributed by atoms with E-state index in [1.54, 1.807) is 42.7 Å². The molecule has 4 nitrogen and oxygen atoms in total. The van der Waals surface area contributed by atoms with Crippen LogP contribution in [-0.4, -0.2) is 17.5 Å². The molecule has 1 N–H and O–H groups in total. The van der Waals surface area contributed by atoms with Gasteiger partial charge < -0.3 is 14.6 Å². The number of hydrogen-bond acceptors (Lipinski definition) is 4. The Kier molecular flexibility index (Phi) is 8.10. The molecule has 0 aliphatic heterocycles. The van der Waals surface area contributed by atoms with E-state index in [0.717, 1.165) is 16.7 Å². The standard InChI is InChI=1S/C24H25ClO4/c1-16(2)11-12-28-23-14-20(29-15-17(3)4)13-22(27)24(23)21(26)10-7-18-5-8-19(25)9-6-18/h5-11,13-15,27H,12H2,1-4H3/b10-7+. The van der Waals surface area contributed by atoms with E-state index in [9.17, 15) is 9.90 Å². The van der Waals surface area contributed by atoms with Crippen LogP contribution in [0, 0.1) is 0 Å². The van der Waals surface area contributed by atoms with Crippen LogP contribution in [0.2, 0.25) is 5.02 Å². The zero-order chi connectivity index (χ0) is 21.4. The molecular formula is C24H25ClO4. The highest BCUT2D eigenvalue weighted by Crippen LogP contribution is 2.34. The molecule has 2 aromatic rings. The average molecular weight is 413 g/mol. The summed E-state index contributed by atoms with van der Waals surface area (Å²) in [6, 6.07) is 10.1. The van der Waals surface area contributed by atoms with Gasteiger partial charge in [0.15, 0.2) is 5.78 Å². The SMILES string of the molecule is CC(C)=CCOc1cc(OC=C(C)C)cc(O)c1C(=O)/C=C/c1ccc(Cl)cc1. The number of hydrogen-bond donors (Lipinski definition) is 1. The van der Waals surface area contributed by atoms with E-state index in [-0.39, 0.29) is 29.5 Å². The number of ketones is 1. The van der Waals surface area contributed by atoms with E-state index in [2.05, 4.69) is 0 Å². The summed E-state index contributed by atoms with van der Waals surface area (Å²) in [5, 5.41) is 11.1. The number of benzene rings is 2. The maximum Gasteiger partial charge on any atom is 0.193 e. The molecule has 0 aromatic heterocycles. The van der Waals surface area contributed by atoms with Gasteiger partial charge in [0.05, 0.1) is 6.26 Å². The molecule has 0 saturated heterocycles. The van der Waals surface area contributed by atoms with Crippen molar-refractivity contribution >= 4 is 23.5 Å². The van der Waals surface area contributed by atoms with Gasteiger partial charge in [-0.1, -0.05) is 35.4 Å². The first kappa shape index (κ1) is 22.3. The minimum atomic E-state index is -0.376. The molecule has 0 aliphatic rings. The first-order valence-electron chi connectivity index (χ1n) is 9.17. The highest BCUT2D eigenvalue weighted by atomic mass is 35.5. The smallest absolute Gasteiger partial charge is 0.193 e. The van der Waals surface area contributed by atoms with Crippen molar-refractivity contribution in [1.29, 1.82) is 0 Å². The molecule has 0 heterocycles. The summed E-state index contributed by atoms with van der Waals surface area (Å²) in [7, 11) is 0. The predicted molar refractivity (Wildman–Crippen MR) is 118 cm³/mol. The number of halogens is 1. The summed E-state index contributed by atoms with van der Waals surface area (Å²) in [6.07, 6.45) is 6.50. The first-order chi connectivity index (χ1) is 13.8. The highest BCUT2D eigenvalue weighted by molar-refractivity contribution is 6.30. The van der Waals surface area contributed by atoms with Gasteiger partial charge in [-0.25, -0.2) is 0 Å². The Morgan fingerprint density at radius 1 is 1.07 bits per heavy atom. The summed E-state index contributed by atoms with van der Waals surface area (Å²) >= 11 is 5.88. The molecule has 2 rings (SSSR count). The van der Waals surface area contributed by atoms with Crippen LogP contribution in [0.15, 0.2) is 66.0 Å². The molecule has 0 spiro atoms. The molecule has 0 atom stereocenters. The molecule has 0 amide bonds. The van der Waals surface area contributed by atoms with E-state index in [4.69, 9.17) is 21.1 Å². The van der Waals surface area contributed by atoms with Crippen LogP contribution in [0.4, 0.5) is 0 Å². The molecular weight excluding hydrogens is 388 g/mol. The van der Waals surface area contributed by atoms with E-state index in [0.29, 0.717) is 10.8 Å². The molecule has 0 aliphatic carbocycles. The Morgan fingerprint density at radius 3 is 2.38 bits per heavy atom. The third kappa shape index (κ3) is 7.16. The lowest BCUT2D eigenvalue weighted by molar-refractivity contribution is 0.104. The van der Waals surface area contributed by atoms with Gasteiger partial charge in [-0.05, 0) is 63.1 Å². The summed E-state index contributed by atoms with van der Waals surface area (Å²) in [4.78, 5) is 12.8. The second-order valence-electron chi connectivity index (χ2n) is 6.97. The van der Waals surface area contributed by atoms with Crippen LogP contribution in [0.1, 0.15) is 43.6 Å². The second-order valence-corrected chi connectivity index (χ2v) is 7.41. The number of ether oxygens (including phenoxy) is 2. The number of aromatic hydroxyl groups is 1. The van der Waals surface area contributed by atoms with Crippen LogP contribution < -0.4 is 9.47 Å². The molecule has 0 bridgehead atoms. The van der Waals surface area contributed by atoms with Crippen molar-refractivity contribution in [2.75, 3.05) is 6.61 Å². The molecule has 0 saturated carbocycles. The van der Waals surface area contributed by atoms with Gasteiger partial charge in [0.25, 0.3) is 0 Å². The largest absolute Gasteiger partial charge is 0.507 e. The summed E-state index contributed by atoms with van der Waals surface area (Å²) < 4.78 is 11.3. The van der Waals surface area contributed by atoms with Crippen LogP contribution in [0.25, 0.3) is 6.08 Å². The topological polar surface area (TPSA) is 55.8 Å². The fourth-order valence-electron chi connectivity index (χ4n) is 2.32. The summed E-state index contributed by atoms with van der Waals surface area (Å²) in [5.74, 6) is 0.0561. The van der Waals surface area contributed by atoms with E-state index >= 15 is 0 Å². The van der Waals surface area contributed by atoms with Crippen molar-refractivity contribution in [2.45, 2.75) is 27.7 Å². The van der Waals surface area contributed by atoms with Crippen molar-refractivity contribution in [3.63, 3.8) is 0 Å². The third-order valence-electron chi connectivity index (χ3n) is 3.76. The lowest BCUT2D eigenvalue weighted by Gasteiger charge is -2.12. The predicted octanol–water partition coefficient (Wildman–Crippen LogP) is 6.59. The zero-order valence-corrected chi connectivity index (χ0v) is 17.8. The summed E-state index contributed by atoms with van der Waals surface area (Å²) in [5.41, 5.74) is 2.95. The Hall–Kier alpha value is -2.98. The van der Waals surface area contributed by atoms with E-state index < -0.39 is 0 Å². The minimum absolute atomic E-state index is 0.0851. The van der Waals surface area contributed by atoms with Crippen molar-refractivity contribution in [3.05, 3.63) is 82.1 Å². The quantitative estimate of drug-likeness (QED) is 0.230. The molecule has 0 unspecified atom stereocenters. The number of phenolic OH excluding ortho intramolecular Hbond substituents is 1. The number of phenols is 1. The number of rotatable bonds is 8. The van der Waals surface area contributed by atoms with Gasteiger partial charge >= 0.3 is 0 Å². The van der Waals surface area contributed by atoms with Crippen molar-refractivity contribution in [3.8, 4) is 17.2 Å². The second kappa shape index (κ2) is 10.5. The molecule has 5 heteroatoms. The Bertz CT molecular complexity index is 946. The number of carbonyl (C=O) groups excluding carboxylic acids is 1. The van der Waals surface area contributed by atoms with Gasteiger partial charge in [0.1, 0.15) is 29.4 Å². The normalized spacial score (nSPS) is 10.5. The number of carbonyl (C=O) groups is 1. The first-order valence-corrected chi connectivity index (χ1v) is 9.55. The van der Waals surface area contributed by atoms with Crippen LogP contribution in [-0.2, 0) is 0 Å². The molecule has 29 heavy (non-hydrogen) atoms. The van der Waals surface area contributed by atoms with E-state index in [1.807, 2.05) is 33.8 Å². The van der Waals surface area contributed by atoms with Crippen molar-refractivity contribution < 1.29 is 19.4 Å². The minimum Gasteiger partial charge on any atom is -0.507 e. The monoisotopic (exact) mass is 412 g/mol. The van der Waals surface area contributed by atoms with Crippen molar-refractivity contribution in [1.82, 2.24) is 0 Å². The van der Waals surface area contributed by atoms with Gasteiger partial charge in [0, 0.05) is 17.2 Å². The molecule has 0 fully saturated rings. The van der Waals surface area contributed by atoms with Crippen molar-refractivity contribution in [2.24, 2.45) is 0 Å². The van der Waals surface area contributed by atoms with Gasteiger partial charge in [-0.2, -0.15) is 0 Å². The lowest BCUT2D eigenvalue weighted by atomic mass is 10.1. The average Bonchev–Trinajstić information content (AvgIpc) is 2.65. The van der Waals surface area contributed by atoms with Gasteiger partial charge in [0.2, 0.25) is 0 Å². The maximum atomic E-state index is 12.8. The molecule has 2 aromatic carbocycles. The number of allylic oxidation sites excluding steroid dienone is 3. The Labute approximate surface area is 176 Å². The zero-order valence-electron chi connectivity index (χ0n) is 17.0. The van der Waals surface area contributed by atoms with Crippen LogP contribution >= 0.6 is 11.6 Å². The molecule has 0 radical (unpaired) electrons. The summed E-state index contributed by atoms with van der Waals surface area (Å²) in [6.45, 7) is 7.97. The van der Waals surface area contributed by atoms with Crippen LogP contribution in [0.3, 0.4) is 0 Å². The van der Waals surface area contributed by atoms with Gasteiger partial charge in [-0.3, -0.25) is 4.79 Å². The Morgan fingerprint density at radius 2 is 1.76 bits per heavy atom.